The number of hydrogen-bond acceptors (Lipinski definition) is 5. The van der Waals surface area contributed by atoms with E-state index in [1.807, 2.05) is 30.3 Å². The molecule has 0 saturated heterocycles. The molecule has 2 aromatic heterocycles. The first kappa shape index (κ1) is 14.3. The van der Waals surface area contributed by atoms with Gasteiger partial charge in [0.05, 0.1) is 5.39 Å². The van der Waals surface area contributed by atoms with E-state index in [1.54, 1.807) is 24.3 Å². The van der Waals surface area contributed by atoms with Crippen LogP contribution in [0.25, 0.3) is 21.9 Å². The van der Waals surface area contributed by atoms with Gasteiger partial charge in [0, 0.05) is 6.07 Å². The minimum atomic E-state index is -0.630. The van der Waals surface area contributed by atoms with E-state index < -0.39 is 11.3 Å². The van der Waals surface area contributed by atoms with Gasteiger partial charge in [-0.05, 0) is 17.7 Å². The molecule has 0 N–H and O–H groups in total. The maximum absolute atomic E-state index is 12.2. The number of para-hydroxylation sites is 1. The zero-order chi connectivity index (χ0) is 16.5. The van der Waals surface area contributed by atoms with Gasteiger partial charge in [-0.2, -0.15) is 0 Å². The molecule has 0 radical (unpaired) electrons. The van der Waals surface area contributed by atoms with Crippen molar-refractivity contribution in [1.29, 1.82) is 0 Å². The summed E-state index contributed by atoms with van der Waals surface area (Å²) in [5, 5.41) is 0.746. The summed E-state index contributed by atoms with van der Waals surface area (Å²) in [5.74, 6) is -0.0195. The normalized spacial score (nSPS) is 11.0. The Kier molecular flexibility index (Phi) is 3.39. The van der Waals surface area contributed by atoms with Crippen molar-refractivity contribution in [3.63, 3.8) is 0 Å². The van der Waals surface area contributed by atoms with Gasteiger partial charge in [0.15, 0.2) is 5.58 Å². The molecule has 0 amide bonds. The van der Waals surface area contributed by atoms with Crippen LogP contribution >= 0.6 is 0 Å². The summed E-state index contributed by atoms with van der Waals surface area (Å²) in [6, 6.07) is 17.7. The van der Waals surface area contributed by atoms with Crippen LogP contribution in [0.5, 0.6) is 5.75 Å². The number of hydrogen-bond donors (Lipinski definition) is 0. The zero-order valence-electron chi connectivity index (χ0n) is 12.5. The molecular weight excluding hydrogens is 308 g/mol. The Labute approximate surface area is 135 Å². The summed E-state index contributed by atoms with van der Waals surface area (Å²) in [5.41, 5.74) is 0.281. The topological polar surface area (TPSA) is 69.7 Å². The molecule has 5 nitrogen and oxygen atoms in total. The molecule has 4 aromatic rings. The highest BCUT2D eigenvalue weighted by Crippen LogP contribution is 2.23. The molecule has 0 atom stereocenters. The van der Waals surface area contributed by atoms with Gasteiger partial charge in [0.25, 0.3) is 0 Å². The monoisotopic (exact) mass is 320 g/mol. The number of fused-ring (bicyclic) bond motifs is 3. The minimum Gasteiger partial charge on any atom is -0.482 e. The maximum atomic E-state index is 12.2. The molecular formula is C19H12O5. The molecule has 0 aliphatic carbocycles. The van der Waals surface area contributed by atoms with Crippen LogP contribution in [0.1, 0.15) is 5.56 Å². The second-order valence-corrected chi connectivity index (χ2v) is 5.30. The molecule has 118 valence electrons. The third-order valence-corrected chi connectivity index (χ3v) is 3.71. The summed E-state index contributed by atoms with van der Waals surface area (Å²) in [6.07, 6.45) is 0. The van der Waals surface area contributed by atoms with E-state index in [-0.39, 0.29) is 23.3 Å². The zero-order valence-corrected chi connectivity index (χ0v) is 12.5. The van der Waals surface area contributed by atoms with Crippen molar-refractivity contribution in [3.8, 4) is 5.75 Å². The predicted molar refractivity (Wildman–Crippen MR) is 89.3 cm³/mol. The second-order valence-electron chi connectivity index (χ2n) is 5.30. The van der Waals surface area contributed by atoms with E-state index >= 15 is 0 Å². The molecule has 2 aromatic carbocycles. The fourth-order valence-electron chi connectivity index (χ4n) is 2.54. The Hall–Kier alpha value is -3.34. The van der Waals surface area contributed by atoms with Gasteiger partial charge in [-0.1, -0.05) is 42.5 Å². The molecule has 0 saturated carbocycles. The van der Waals surface area contributed by atoms with Crippen LogP contribution in [-0.2, 0) is 6.61 Å². The van der Waals surface area contributed by atoms with Crippen LogP contribution in [0.2, 0.25) is 0 Å². The Bertz CT molecular complexity index is 1140. The molecule has 4 rings (SSSR count). The van der Waals surface area contributed by atoms with Crippen molar-refractivity contribution in [1.82, 2.24) is 0 Å². The summed E-state index contributed by atoms with van der Waals surface area (Å²) in [6.45, 7) is 0.204. The largest absolute Gasteiger partial charge is 0.482 e. The first-order valence-electron chi connectivity index (χ1n) is 7.39. The van der Waals surface area contributed by atoms with E-state index in [9.17, 15) is 9.59 Å². The molecule has 0 fully saturated rings. The van der Waals surface area contributed by atoms with Crippen molar-refractivity contribution in [2.75, 3.05) is 0 Å². The summed E-state index contributed by atoms with van der Waals surface area (Å²) < 4.78 is 16.1. The van der Waals surface area contributed by atoms with Crippen LogP contribution in [0.3, 0.4) is 0 Å². The Morgan fingerprint density at radius 2 is 1.54 bits per heavy atom. The second kappa shape index (κ2) is 5.70. The van der Waals surface area contributed by atoms with Crippen LogP contribution in [0.15, 0.2) is 79.1 Å². The van der Waals surface area contributed by atoms with Crippen molar-refractivity contribution in [3.05, 3.63) is 87.1 Å². The minimum absolute atomic E-state index is 0.0195. The van der Waals surface area contributed by atoms with E-state index in [0.29, 0.717) is 11.0 Å². The number of rotatable bonds is 3. The molecule has 5 heteroatoms. The lowest BCUT2D eigenvalue weighted by Gasteiger charge is -2.06. The lowest BCUT2D eigenvalue weighted by molar-refractivity contribution is 0.291. The first-order valence-corrected chi connectivity index (χ1v) is 7.39. The van der Waals surface area contributed by atoms with Crippen LogP contribution < -0.4 is 16.0 Å². The van der Waals surface area contributed by atoms with Gasteiger partial charge >= 0.3 is 11.3 Å². The van der Waals surface area contributed by atoms with Crippen molar-refractivity contribution in [2.45, 2.75) is 6.61 Å². The highest BCUT2D eigenvalue weighted by atomic mass is 16.5. The van der Waals surface area contributed by atoms with E-state index in [1.165, 1.54) is 6.07 Å². The summed E-state index contributed by atoms with van der Waals surface area (Å²) in [4.78, 5) is 24.3. The molecule has 0 aliphatic heterocycles. The van der Waals surface area contributed by atoms with Gasteiger partial charge in [-0.15, -0.1) is 0 Å². The Morgan fingerprint density at radius 1 is 0.792 bits per heavy atom. The van der Waals surface area contributed by atoms with Crippen LogP contribution in [0, 0.1) is 0 Å². The SMILES string of the molecule is O=c1oc2c(cc1OCc1ccccc1)c(=O)oc1ccccc12. The van der Waals surface area contributed by atoms with E-state index in [2.05, 4.69) is 0 Å². The highest BCUT2D eigenvalue weighted by molar-refractivity contribution is 6.00. The molecule has 24 heavy (non-hydrogen) atoms. The maximum Gasteiger partial charge on any atom is 0.379 e. The highest BCUT2D eigenvalue weighted by Gasteiger charge is 2.14. The fraction of sp³-hybridized carbons (Fsp3) is 0.0526. The number of benzene rings is 2. The molecule has 0 spiro atoms. The van der Waals surface area contributed by atoms with Crippen molar-refractivity contribution >= 4 is 21.9 Å². The van der Waals surface area contributed by atoms with Gasteiger partial charge in [0.2, 0.25) is 5.75 Å². The van der Waals surface area contributed by atoms with Crippen LogP contribution in [-0.4, -0.2) is 0 Å². The average molecular weight is 320 g/mol. The van der Waals surface area contributed by atoms with E-state index in [0.717, 1.165) is 5.56 Å². The Morgan fingerprint density at radius 3 is 2.38 bits per heavy atom. The van der Waals surface area contributed by atoms with Crippen molar-refractivity contribution < 1.29 is 13.6 Å². The third kappa shape index (κ3) is 2.46. The lowest BCUT2D eigenvalue weighted by atomic mass is 10.2. The Balaban J connectivity index is 1.82. The molecule has 0 bridgehead atoms. The number of ether oxygens (including phenoxy) is 1. The van der Waals surface area contributed by atoms with E-state index in [4.69, 9.17) is 13.6 Å². The molecule has 2 heterocycles. The smallest absolute Gasteiger partial charge is 0.379 e. The standard InChI is InChI=1S/C19H12O5/c20-18-14-10-16(22-11-12-6-2-1-3-7-12)19(21)24-17(14)13-8-4-5-9-15(13)23-18/h1-10H,11H2. The quantitative estimate of drug-likeness (QED) is 0.427. The molecule has 0 aliphatic rings. The predicted octanol–water partition coefficient (Wildman–Crippen LogP) is 3.48. The van der Waals surface area contributed by atoms with Gasteiger partial charge in [-0.25, -0.2) is 9.59 Å². The molecule has 0 unspecified atom stereocenters. The van der Waals surface area contributed by atoms with Gasteiger partial charge < -0.3 is 13.6 Å². The van der Waals surface area contributed by atoms with Crippen LogP contribution in [0.4, 0.5) is 0 Å². The van der Waals surface area contributed by atoms with Gasteiger partial charge in [-0.3, -0.25) is 0 Å². The van der Waals surface area contributed by atoms with Crippen molar-refractivity contribution in [2.24, 2.45) is 0 Å². The lowest BCUT2D eigenvalue weighted by Crippen LogP contribution is -2.10. The van der Waals surface area contributed by atoms with Gasteiger partial charge in [0.1, 0.15) is 17.6 Å². The first-order chi connectivity index (χ1) is 11.7. The third-order valence-electron chi connectivity index (χ3n) is 3.71. The summed E-state index contributed by atoms with van der Waals surface area (Å²) >= 11 is 0. The fourth-order valence-corrected chi connectivity index (χ4v) is 2.54. The average Bonchev–Trinajstić information content (AvgIpc) is 2.61. The summed E-state index contributed by atoms with van der Waals surface area (Å²) in [7, 11) is 0.